The van der Waals surface area contributed by atoms with E-state index < -0.39 is 0 Å². The van der Waals surface area contributed by atoms with E-state index in [-0.39, 0.29) is 41.6 Å². The molecule has 2 atom stereocenters. The third-order valence-electron chi connectivity index (χ3n) is 5.22. The van der Waals surface area contributed by atoms with E-state index in [1.54, 1.807) is 24.3 Å². The second-order valence-corrected chi connectivity index (χ2v) is 8.18. The van der Waals surface area contributed by atoms with Crippen molar-refractivity contribution in [1.29, 1.82) is 0 Å². The van der Waals surface area contributed by atoms with Gasteiger partial charge in [-0.25, -0.2) is 4.79 Å². The zero-order chi connectivity index (χ0) is 22.2. The molecule has 0 bridgehead atoms. The zero-order valence-electron chi connectivity index (χ0n) is 17.9. The lowest BCUT2D eigenvalue weighted by atomic mass is 9.85. The van der Waals surface area contributed by atoms with Gasteiger partial charge in [0.2, 0.25) is 5.91 Å². The highest BCUT2D eigenvalue weighted by molar-refractivity contribution is 6.02. The van der Waals surface area contributed by atoms with Crippen LogP contribution in [0.1, 0.15) is 55.6 Å². The van der Waals surface area contributed by atoms with E-state index in [4.69, 9.17) is 4.42 Å². The Morgan fingerprint density at radius 1 is 1.10 bits per heavy atom. The maximum atomic E-state index is 12.3. The maximum Gasteiger partial charge on any atom is 0.315 e. The van der Waals surface area contributed by atoms with Crippen molar-refractivity contribution >= 4 is 23.5 Å². The minimum atomic E-state index is -0.317. The fourth-order valence-electron chi connectivity index (χ4n) is 3.69. The summed E-state index contributed by atoms with van der Waals surface area (Å²) >= 11 is 0. The first-order chi connectivity index (χ1) is 14.9. The van der Waals surface area contributed by atoms with E-state index in [0.717, 1.165) is 24.8 Å². The SMILES string of the molecule is CC(C)NC(=O)C1CCCC(NC(=O)NCc2ccc(NC(=O)c3ccco3)cc2)C1. The Kier molecular flexibility index (Phi) is 7.70. The molecule has 1 aromatic carbocycles. The van der Waals surface area contributed by atoms with Crippen LogP contribution in [0.4, 0.5) is 10.5 Å². The van der Waals surface area contributed by atoms with Gasteiger partial charge in [-0.05, 0) is 62.9 Å². The number of carbonyl (C=O) groups is 3. The van der Waals surface area contributed by atoms with Crippen LogP contribution in [0.25, 0.3) is 0 Å². The van der Waals surface area contributed by atoms with Crippen LogP contribution in [0.2, 0.25) is 0 Å². The molecule has 31 heavy (non-hydrogen) atoms. The number of benzene rings is 1. The van der Waals surface area contributed by atoms with Crippen molar-refractivity contribution in [2.75, 3.05) is 5.32 Å². The normalized spacial score (nSPS) is 18.3. The van der Waals surface area contributed by atoms with Crippen molar-refractivity contribution in [3.05, 3.63) is 54.0 Å². The first kappa shape index (κ1) is 22.4. The standard InChI is InChI=1S/C23H30N4O4/c1-15(2)25-21(28)17-5-3-6-19(13-17)27-23(30)24-14-16-8-10-18(11-9-16)26-22(29)20-7-4-12-31-20/h4,7-12,15,17,19H,3,5-6,13-14H2,1-2H3,(H,25,28)(H,26,29)(H2,24,27,30). The highest BCUT2D eigenvalue weighted by atomic mass is 16.3. The summed E-state index contributed by atoms with van der Waals surface area (Å²) in [4.78, 5) is 36.5. The fraction of sp³-hybridized carbons (Fsp3) is 0.435. The monoisotopic (exact) mass is 426 g/mol. The molecule has 1 aliphatic carbocycles. The summed E-state index contributed by atoms with van der Waals surface area (Å²) in [6, 6.07) is 10.3. The number of carbonyl (C=O) groups excluding carboxylic acids is 3. The number of hydrogen-bond donors (Lipinski definition) is 4. The molecule has 0 spiro atoms. The average molecular weight is 427 g/mol. The number of hydrogen-bond acceptors (Lipinski definition) is 4. The van der Waals surface area contributed by atoms with E-state index in [1.165, 1.54) is 6.26 Å². The van der Waals surface area contributed by atoms with Crippen LogP contribution in [0.15, 0.2) is 47.1 Å². The second-order valence-electron chi connectivity index (χ2n) is 8.18. The molecule has 0 radical (unpaired) electrons. The van der Waals surface area contributed by atoms with Crippen LogP contribution in [0, 0.1) is 5.92 Å². The van der Waals surface area contributed by atoms with Gasteiger partial charge >= 0.3 is 6.03 Å². The molecule has 1 fully saturated rings. The second kappa shape index (κ2) is 10.7. The van der Waals surface area contributed by atoms with Gasteiger partial charge in [-0.1, -0.05) is 18.6 Å². The smallest absolute Gasteiger partial charge is 0.315 e. The van der Waals surface area contributed by atoms with Crippen LogP contribution < -0.4 is 21.3 Å². The molecule has 3 rings (SSSR count). The quantitative estimate of drug-likeness (QED) is 0.543. The highest BCUT2D eigenvalue weighted by Crippen LogP contribution is 2.24. The molecule has 1 heterocycles. The third-order valence-corrected chi connectivity index (χ3v) is 5.22. The zero-order valence-corrected chi connectivity index (χ0v) is 17.9. The molecule has 4 amide bonds. The van der Waals surface area contributed by atoms with Crippen LogP contribution >= 0.6 is 0 Å². The summed E-state index contributed by atoms with van der Waals surface area (Å²) in [5.41, 5.74) is 1.55. The van der Waals surface area contributed by atoms with Crippen molar-refractivity contribution in [3.63, 3.8) is 0 Å². The van der Waals surface area contributed by atoms with E-state index in [1.807, 2.05) is 26.0 Å². The number of rotatable bonds is 7. The summed E-state index contributed by atoms with van der Waals surface area (Å²) in [5, 5.41) is 11.5. The van der Waals surface area contributed by atoms with Crippen molar-refractivity contribution in [2.24, 2.45) is 5.92 Å². The lowest BCUT2D eigenvalue weighted by Crippen LogP contribution is -2.46. The molecule has 4 N–H and O–H groups in total. The first-order valence-electron chi connectivity index (χ1n) is 10.7. The van der Waals surface area contributed by atoms with Gasteiger partial charge in [-0.15, -0.1) is 0 Å². The Hall–Kier alpha value is -3.29. The van der Waals surface area contributed by atoms with Gasteiger partial charge < -0.3 is 25.7 Å². The number of nitrogens with one attached hydrogen (secondary N) is 4. The highest BCUT2D eigenvalue weighted by Gasteiger charge is 2.28. The number of urea groups is 1. The predicted molar refractivity (Wildman–Crippen MR) is 117 cm³/mol. The molecule has 1 aromatic heterocycles. The first-order valence-corrected chi connectivity index (χ1v) is 10.7. The molecule has 0 saturated heterocycles. The van der Waals surface area contributed by atoms with Crippen LogP contribution in [0.3, 0.4) is 0 Å². The number of furan rings is 1. The summed E-state index contributed by atoms with van der Waals surface area (Å²) in [5.74, 6) is -0.0521. The van der Waals surface area contributed by atoms with Gasteiger partial charge in [0.15, 0.2) is 5.76 Å². The Bertz CT molecular complexity index is 877. The lowest BCUT2D eigenvalue weighted by molar-refractivity contribution is -0.126. The third kappa shape index (κ3) is 6.87. The van der Waals surface area contributed by atoms with Crippen molar-refractivity contribution in [2.45, 2.75) is 58.2 Å². The molecule has 166 valence electrons. The molecular formula is C23H30N4O4. The Balaban J connectivity index is 1.42. The molecule has 1 saturated carbocycles. The predicted octanol–water partition coefficient (Wildman–Crippen LogP) is 3.41. The van der Waals surface area contributed by atoms with E-state index >= 15 is 0 Å². The molecule has 1 aliphatic rings. The number of anilines is 1. The summed E-state index contributed by atoms with van der Waals surface area (Å²) in [7, 11) is 0. The molecular weight excluding hydrogens is 396 g/mol. The van der Waals surface area contributed by atoms with Crippen molar-refractivity contribution < 1.29 is 18.8 Å². The van der Waals surface area contributed by atoms with Crippen LogP contribution in [-0.4, -0.2) is 29.9 Å². The fourth-order valence-corrected chi connectivity index (χ4v) is 3.69. The maximum absolute atomic E-state index is 12.3. The van der Waals surface area contributed by atoms with Crippen molar-refractivity contribution in [3.8, 4) is 0 Å². The molecule has 8 nitrogen and oxygen atoms in total. The molecule has 2 unspecified atom stereocenters. The van der Waals surface area contributed by atoms with Crippen LogP contribution in [-0.2, 0) is 11.3 Å². The summed E-state index contributed by atoms with van der Waals surface area (Å²) in [6.45, 7) is 4.26. The summed E-state index contributed by atoms with van der Waals surface area (Å²) < 4.78 is 5.07. The van der Waals surface area contributed by atoms with Gasteiger partial charge in [0.05, 0.1) is 6.26 Å². The van der Waals surface area contributed by atoms with E-state index in [2.05, 4.69) is 21.3 Å². The molecule has 2 aromatic rings. The van der Waals surface area contributed by atoms with Gasteiger partial charge in [-0.2, -0.15) is 0 Å². The average Bonchev–Trinajstić information content (AvgIpc) is 3.28. The minimum absolute atomic E-state index is 0.00384. The van der Waals surface area contributed by atoms with Gasteiger partial charge in [-0.3, -0.25) is 9.59 Å². The summed E-state index contributed by atoms with van der Waals surface area (Å²) in [6.07, 6.45) is 4.77. The lowest BCUT2D eigenvalue weighted by Gasteiger charge is -2.29. The Morgan fingerprint density at radius 3 is 2.55 bits per heavy atom. The minimum Gasteiger partial charge on any atom is -0.459 e. The molecule has 8 heteroatoms. The Labute approximate surface area is 182 Å². The number of amides is 4. The topological polar surface area (TPSA) is 112 Å². The van der Waals surface area contributed by atoms with Gasteiger partial charge in [0.1, 0.15) is 0 Å². The van der Waals surface area contributed by atoms with E-state index in [9.17, 15) is 14.4 Å². The van der Waals surface area contributed by atoms with E-state index in [0.29, 0.717) is 18.7 Å². The van der Waals surface area contributed by atoms with Gasteiger partial charge in [0, 0.05) is 30.2 Å². The van der Waals surface area contributed by atoms with Gasteiger partial charge in [0.25, 0.3) is 5.91 Å². The van der Waals surface area contributed by atoms with Crippen LogP contribution in [0.5, 0.6) is 0 Å². The Morgan fingerprint density at radius 2 is 1.87 bits per heavy atom. The van der Waals surface area contributed by atoms with Crippen molar-refractivity contribution in [1.82, 2.24) is 16.0 Å². The largest absolute Gasteiger partial charge is 0.459 e. The molecule has 0 aliphatic heterocycles.